The van der Waals surface area contributed by atoms with Gasteiger partial charge in [0.2, 0.25) is 23.7 Å². The van der Waals surface area contributed by atoms with Gasteiger partial charge in [0.15, 0.2) is 5.82 Å². The number of anilines is 5. The van der Waals surface area contributed by atoms with Gasteiger partial charge in [-0.05, 0) is 68.5 Å². The summed E-state index contributed by atoms with van der Waals surface area (Å²) < 4.78 is 33.4. The van der Waals surface area contributed by atoms with E-state index in [0.29, 0.717) is 69.4 Å². The van der Waals surface area contributed by atoms with E-state index in [1.165, 1.54) is 12.4 Å². The minimum Gasteiger partial charge on any atom is -0.494 e. The summed E-state index contributed by atoms with van der Waals surface area (Å²) in [5, 5.41) is 9.92. The zero-order chi connectivity index (χ0) is 38.7. The van der Waals surface area contributed by atoms with Crippen molar-refractivity contribution in [2.45, 2.75) is 44.2 Å². The van der Waals surface area contributed by atoms with Gasteiger partial charge in [-0.15, -0.1) is 0 Å². The second-order valence-electron chi connectivity index (χ2n) is 14.6. The first-order valence-electron chi connectivity index (χ1n) is 18.5. The van der Waals surface area contributed by atoms with Crippen LogP contribution in [-0.4, -0.2) is 102 Å². The van der Waals surface area contributed by atoms with E-state index in [1.807, 2.05) is 36.4 Å². The number of rotatable bonds is 11. The molecule has 3 N–H and O–H groups in total. The number of carbonyl (C=O) groups excluding carboxylic acids is 2. The summed E-state index contributed by atoms with van der Waals surface area (Å²) in [4.78, 5) is 44.1. The molecule has 290 valence electrons. The molecular weight excluding hydrogens is 744 g/mol. The van der Waals surface area contributed by atoms with Crippen molar-refractivity contribution in [1.82, 2.24) is 30.1 Å². The summed E-state index contributed by atoms with van der Waals surface area (Å²) in [6.45, 7) is 9.12. The molecule has 0 radical (unpaired) electrons. The van der Waals surface area contributed by atoms with E-state index < -0.39 is 19.0 Å². The second-order valence-corrected chi connectivity index (χ2v) is 18.2. The standard InChI is InChI=1S/C39H46ClFN9O4P/c1-54-33-21-28(8-10-31(33)45-39-43-23-30(40)37(47-39)44-32-6-4-5-7-34(32)55(2,3)53)49-14-12-27(13-15-49)50-18-16-48(17-19-50)24-26-20-25(22-42-36(26)41)29-9-11-35(51)46-38(29)52/h4-8,10,20-23,27,29H,9,11-19,24H2,1-3H3,(H,46,51,52)(H2,43,44,45,47). The van der Waals surface area contributed by atoms with Crippen molar-refractivity contribution < 1.29 is 23.3 Å². The molecule has 5 heterocycles. The summed E-state index contributed by atoms with van der Waals surface area (Å²) in [5.41, 5.74) is 3.58. The van der Waals surface area contributed by atoms with Crippen molar-refractivity contribution >= 4 is 64.7 Å². The number of hydrogen-bond acceptors (Lipinski definition) is 12. The zero-order valence-corrected chi connectivity index (χ0v) is 32.9. The molecule has 3 aliphatic rings. The number of piperazine rings is 1. The molecule has 7 rings (SSSR count). The van der Waals surface area contributed by atoms with Crippen molar-refractivity contribution in [1.29, 1.82) is 0 Å². The molecule has 13 nitrogen and oxygen atoms in total. The number of pyridine rings is 1. The van der Waals surface area contributed by atoms with Gasteiger partial charge in [0, 0.05) is 87.1 Å². The first kappa shape index (κ1) is 38.6. The maximum Gasteiger partial charge on any atom is 0.234 e. The topological polar surface area (TPSA) is 145 Å². The normalized spacial score (nSPS) is 18.9. The molecule has 2 aromatic carbocycles. The van der Waals surface area contributed by atoms with Gasteiger partial charge in [-0.25, -0.2) is 9.97 Å². The maximum atomic E-state index is 14.8. The van der Waals surface area contributed by atoms with Gasteiger partial charge in [0.05, 0.1) is 30.6 Å². The molecule has 2 aromatic heterocycles. The molecule has 0 spiro atoms. The average Bonchev–Trinajstić information content (AvgIpc) is 3.17. The zero-order valence-electron chi connectivity index (χ0n) is 31.2. The SMILES string of the molecule is COc1cc(N2CCC(N3CCN(Cc4cc(C5CCC(=O)NC5=O)cnc4F)CC3)CC2)ccc1Nc1ncc(Cl)c(Nc2ccccc2P(C)(C)=O)n1. The van der Waals surface area contributed by atoms with Gasteiger partial charge in [0.1, 0.15) is 17.9 Å². The summed E-state index contributed by atoms with van der Waals surface area (Å²) >= 11 is 6.46. The Morgan fingerprint density at radius 1 is 0.945 bits per heavy atom. The van der Waals surface area contributed by atoms with Crippen LogP contribution in [-0.2, 0) is 20.7 Å². The molecule has 2 amide bonds. The predicted molar refractivity (Wildman–Crippen MR) is 214 cm³/mol. The highest BCUT2D eigenvalue weighted by Gasteiger charge is 2.31. The Labute approximate surface area is 325 Å². The van der Waals surface area contributed by atoms with Gasteiger partial charge in [-0.2, -0.15) is 9.37 Å². The van der Waals surface area contributed by atoms with E-state index in [4.69, 9.17) is 16.3 Å². The average molecular weight is 790 g/mol. The number of nitrogens with one attached hydrogen (secondary N) is 3. The highest BCUT2D eigenvalue weighted by molar-refractivity contribution is 7.70. The van der Waals surface area contributed by atoms with Gasteiger partial charge < -0.3 is 24.8 Å². The molecule has 3 aliphatic heterocycles. The Hall–Kier alpha value is -4.62. The van der Waals surface area contributed by atoms with Crippen LogP contribution in [0.1, 0.15) is 42.7 Å². The third-order valence-electron chi connectivity index (χ3n) is 10.6. The van der Waals surface area contributed by atoms with Crippen molar-refractivity contribution in [2.75, 3.05) is 75.2 Å². The molecule has 1 unspecified atom stereocenters. The quantitative estimate of drug-likeness (QED) is 0.0972. The number of ether oxygens (including phenoxy) is 1. The van der Waals surface area contributed by atoms with Crippen LogP contribution < -0.4 is 30.9 Å². The summed E-state index contributed by atoms with van der Waals surface area (Å²) in [6.07, 6.45) is 5.66. The third-order valence-corrected chi connectivity index (χ3v) is 12.5. The largest absolute Gasteiger partial charge is 0.494 e. The van der Waals surface area contributed by atoms with Gasteiger partial charge in [0.25, 0.3) is 0 Å². The van der Waals surface area contributed by atoms with Crippen molar-refractivity contribution in [3.05, 3.63) is 83.0 Å². The van der Waals surface area contributed by atoms with E-state index >= 15 is 0 Å². The molecule has 3 saturated heterocycles. The fourth-order valence-electron chi connectivity index (χ4n) is 7.63. The van der Waals surface area contributed by atoms with E-state index in [-0.39, 0.29) is 18.2 Å². The number of imide groups is 1. The summed E-state index contributed by atoms with van der Waals surface area (Å²) in [7, 11) is -0.916. The Morgan fingerprint density at radius 3 is 2.44 bits per heavy atom. The summed E-state index contributed by atoms with van der Waals surface area (Å²) in [5.74, 6) is -0.249. The highest BCUT2D eigenvalue weighted by atomic mass is 35.5. The number of halogens is 2. The minimum absolute atomic E-state index is 0.269. The Kier molecular flexibility index (Phi) is 11.7. The Bertz CT molecular complexity index is 2100. The van der Waals surface area contributed by atoms with Crippen LogP contribution in [0.25, 0.3) is 0 Å². The van der Waals surface area contributed by atoms with Gasteiger partial charge >= 0.3 is 0 Å². The number of benzene rings is 2. The van der Waals surface area contributed by atoms with E-state index in [2.05, 4.69) is 51.7 Å². The van der Waals surface area contributed by atoms with Crippen molar-refractivity contribution in [3.8, 4) is 5.75 Å². The lowest BCUT2D eigenvalue weighted by atomic mass is 9.91. The van der Waals surface area contributed by atoms with Crippen LogP contribution in [0.15, 0.2) is 60.9 Å². The van der Waals surface area contributed by atoms with Gasteiger partial charge in [-0.1, -0.05) is 23.7 Å². The number of hydrogen-bond donors (Lipinski definition) is 3. The van der Waals surface area contributed by atoms with Crippen LogP contribution in [0, 0.1) is 5.95 Å². The van der Waals surface area contributed by atoms with Crippen LogP contribution in [0.4, 0.5) is 33.2 Å². The summed E-state index contributed by atoms with van der Waals surface area (Å²) in [6, 6.07) is 15.7. The number of amides is 2. The number of methoxy groups -OCH3 is 1. The van der Waals surface area contributed by atoms with Crippen LogP contribution in [0.3, 0.4) is 0 Å². The van der Waals surface area contributed by atoms with Gasteiger partial charge in [-0.3, -0.25) is 24.7 Å². The first-order chi connectivity index (χ1) is 26.4. The van der Waals surface area contributed by atoms with Crippen molar-refractivity contribution in [3.63, 3.8) is 0 Å². The number of para-hydroxylation sites is 1. The lowest BCUT2D eigenvalue weighted by Crippen LogP contribution is -2.53. The number of carbonyl (C=O) groups is 2. The van der Waals surface area contributed by atoms with Crippen LogP contribution in [0.5, 0.6) is 5.75 Å². The lowest BCUT2D eigenvalue weighted by molar-refractivity contribution is -0.134. The molecule has 16 heteroatoms. The molecule has 0 bridgehead atoms. The van der Waals surface area contributed by atoms with Crippen molar-refractivity contribution in [2.24, 2.45) is 0 Å². The predicted octanol–water partition coefficient (Wildman–Crippen LogP) is 5.71. The smallest absolute Gasteiger partial charge is 0.234 e. The maximum absolute atomic E-state index is 14.8. The fourth-order valence-corrected chi connectivity index (χ4v) is 8.93. The Morgan fingerprint density at radius 2 is 1.71 bits per heavy atom. The van der Waals surface area contributed by atoms with E-state index in [0.717, 1.165) is 57.8 Å². The lowest BCUT2D eigenvalue weighted by Gasteiger charge is -2.43. The highest BCUT2D eigenvalue weighted by Crippen LogP contribution is 2.39. The van der Waals surface area contributed by atoms with E-state index in [1.54, 1.807) is 26.5 Å². The third kappa shape index (κ3) is 9.10. The molecule has 0 saturated carbocycles. The monoisotopic (exact) mass is 789 g/mol. The van der Waals surface area contributed by atoms with E-state index in [9.17, 15) is 18.5 Å². The molecule has 1 atom stereocenters. The Balaban J connectivity index is 0.922. The molecule has 3 fully saturated rings. The molecule has 0 aliphatic carbocycles. The number of piperidine rings is 2. The number of nitrogens with zero attached hydrogens (tertiary/aromatic N) is 6. The molecule has 55 heavy (non-hydrogen) atoms. The van der Waals surface area contributed by atoms with Crippen LogP contribution >= 0.6 is 18.7 Å². The molecular formula is C39H46ClFN9O4P. The second kappa shape index (κ2) is 16.6. The minimum atomic E-state index is -2.55. The fraction of sp³-hybridized carbons (Fsp3) is 0.410. The number of aromatic nitrogens is 3. The first-order valence-corrected chi connectivity index (χ1v) is 21.5. The molecule has 4 aromatic rings. The van der Waals surface area contributed by atoms with Crippen LogP contribution in [0.2, 0.25) is 5.02 Å².